The fraction of sp³-hybridized carbons (Fsp3) is 0.259. The molecule has 1 aromatic heterocycles. The van der Waals surface area contributed by atoms with Crippen LogP contribution in [0.15, 0.2) is 81.1 Å². The first kappa shape index (κ1) is 26.6. The second-order valence-corrected chi connectivity index (χ2v) is 10.1. The Labute approximate surface area is 226 Å². The van der Waals surface area contributed by atoms with Crippen molar-refractivity contribution in [3.63, 3.8) is 0 Å². The molecule has 0 unspecified atom stereocenters. The minimum absolute atomic E-state index is 0.555. The number of aliphatic imine (C=N–C) groups is 2. The number of benzene rings is 2. The Kier molecular flexibility index (Phi) is 9.85. The van der Waals surface area contributed by atoms with E-state index in [1.54, 1.807) is 30.3 Å². The molecule has 0 spiro atoms. The van der Waals surface area contributed by atoms with E-state index in [1.165, 1.54) is 16.2 Å². The number of thiazole rings is 1. The van der Waals surface area contributed by atoms with Gasteiger partial charge in [0, 0.05) is 54.4 Å². The molecule has 1 saturated heterocycles. The molecule has 0 bridgehead atoms. The van der Waals surface area contributed by atoms with Crippen LogP contribution >= 0.6 is 23.3 Å². The van der Waals surface area contributed by atoms with E-state index in [-0.39, 0.29) is 0 Å². The van der Waals surface area contributed by atoms with Crippen molar-refractivity contribution in [1.82, 2.24) is 14.2 Å². The summed E-state index contributed by atoms with van der Waals surface area (Å²) in [5, 5.41) is 15.1. The zero-order valence-corrected chi connectivity index (χ0v) is 22.3. The SMILES string of the molecule is C=N/C(=C\C(=N/CN1CCN(Sc2ccc(OCC)cc2)CC1)Nc1ccc(C#N)cc1)c1nccs1. The van der Waals surface area contributed by atoms with Gasteiger partial charge in [0.15, 0.2) is 0 Å². The number of hydrogen-bond donors (Lipinski definition) is 1. The Morgan fingerprint density at radius 3 is 2.57 bits per heavy atom. The molecule has 1 fully saturated rings. The van der Waals surface area contributed by atoms with Crippen LogP contribution in [0.4, 0.5) is 5.69 Å². The van der Waals surface area contributed by atoms with Crippen molar-refractivity contribution in [1.29, 1.82) is 5.26 Å². The lowest BCUT2D eigenvalue weighted by atomic mass is 10.2. The molecule has 1 N–H and O–H groups in total. The highest BCUT2D eigenvalue weighted by molar-refractivity contribution is 7.97. The van der Waals surface area contributed by atoms with E-state index in [1.807, 2.05) is 42.6 Å². The maximum atomic E-state index is 9.08. The summed E-state index contributed by atoms with van der Waals surface area (Å²) >= 11 is 3.28. The van der Waals surface area contributed by atoms with Crippen LogP contribution in [0.1, 0.15) is 17.5 Å². The van der Waals surface area contributed by atoms with Crippen molar-refractivity contribution in [3.8, 4) is 11.8 Å². The molecule has 0 atom stereocenters. The number of hydrogen-bond acceptors (Lipinski definition) is 9. The standard InChI is InChI=1S/C27H29N7OS2/c1-3-35-23-8-10-24(11-9-23)37-34-15-13-33(14-16-34)20-31-26(18-25(29-2)27-30-12-17-36-27)32-22-6-4-21(19-28)5-7-22/h4-12,17-18H,2-3,13-16,20H2,1H3,(H,31,32)/b25-18-. The summed E-state index contributed by atoms with van der Waals surface area (Å²) in [5.41, 5.74) is 2.11. The van der Waals surface area contributed by atoms with E-state index < -0.39 is 0 Å². The summed E-state index contributed by atoms with van der Waals surface area (Å²) in [6, 6.07) is 17.7. The minimum Gasteiger partial charge on any atom is -0.494 e. The molecule has 3 aromatic rings. The van der Waals surface area contributed by atoms with Crippen LogP contribution < -0.4 is 10.1 Å². The van der Waals surface area contributed by atoms with Crippen molar-refractivity contribution >= 4 is 47.2 Å². The molecule has 10 heteroatoms. The molecule has 1 aliphatic rings. The molecule has 37 heavy (non-hydrogen) atoms. The van der Waals surface area contributed by atoms with E-state index in [0.29, 0.717) is 30.4 Å². The lowest BCUT2D eigenvalue weighted by molar-refractivity contribution is 0.202. The van der Waals surface area contributed by atoms with Gasteiger partial charge in [0.2, 0.25) is 0 Å². The lowest BCUT2D eigenvalue weighted by Crippen LogP contribution is -2.43. The molecule has 2 aromatic carbocycles. The second-order valence-electron chi connectivity index (χ2n) is 8.07. The highest BCUT2D eigenvalue weighted by Gasteiger charge is 2.18. The summed E-state index contributed by atoms with van der Waals surface area (Å²) < 4.78 is 7.92. The smallest absolute Gasteiger partial charge is 0.141 e. The number of nitrogens with one attached hydrogen (secondary N) is 1. The molecule has 1 aliphatic heterocycles. The molecule has 4 rings (SSSR count). The van der Waals surface area contributed by atoms with Gasteiger partial charge >= 0.3 is 0 Å². The van der Waals surface area contributed by atoms with Gasteiger partial charge in [0.1, 0.15) is 22.3 Å². The zero-order chi connectivity index (χ0) is 25.9. The molecule has 0 amide bonds. The van der Waals surface area contributed by atoms with E-state index in [2.05, 4.69) is 49.4 Å². The average Bonchev–Trinajstić information content (AvgIpc) is 3.47. The van der Waals surface area contributed by atoms with Crippen molar-refractivity contribution in [2.24, 2.45) is 9.98 Å². The third-order valence-electron chi connectivity index (χ3n) is 5.52. The van der Waals surface area contributed by atoms with Crippen LogP contribution in [0.3, 0.4) is 0 Å². The number of amidine groups is 1. The van der Waals surface area contributed by atoms with Gasteiger partial charge in [-0.25, -0.2) is 9.29 Å². The predicted octanol–water partition coefficient (Wildman–Crippen LogP) is 5.25. The first-order chi connectivity index (χ1) is 18.2. The van der Waals surface area contributed by atoms with Gasteiger partial charge in [0.25, 0.3) is 0 Å². The molecule has 190 valence electrons. The molecule has 8 nitrogen and oxygen atoms in total. The van der Waals surface area contributed by atoms with E-state index in [9.17, 15) is 0 Å². The van der Waals surface area contributed by atoms with Crippen LogP contribution in [0.2, 0.25) is 0 Å². The van der Waals surface area contributed by atoms with E-state index in [4.69, 9.17) is 15.0 Å². The summed E-state index contributed by atoms with van der Waals surface area (Å²) in [6.07, 6.45) is 3.61. The van der Waals surface area contributed by atoms with Crippen LogP contribution in [-0.2, 0) is 0 Å². The fourth-order valence-corrected chi connectivity index (χ4v) is 5.12. The molecule has 0 saturated carbocycles. The van der Waals surface area contributed by atoms with E-state index >= 15 is 0 Å². The largest absolute Gasteiger partial charge is 0.494 e. The van der Waals surface area contributed by atoms with Gasteiger partial charge in [-0.3, -0.25) is 14.9 Å². The Morgan fingerprint density at radius 2 is 1.95 bits per heavy atom. The molecule has 2 heterocycles. The monoisotopic (exact) mass is 531 g/mol. The number of anilines is 1. The number of aromatic nitrogens is 1. The normalized spacial score (nSPS) is 15.2. The maximum absolute atomic E-state index is 9.08. The third-order valence-corrected chi connectivity index (χ3v) is 7.43. The van der Waals surface area contributed by atoms with E-state index in [0.717, 1.165) is 42.6 Å². The van der Waals surface area contributed by atoms with Crippen molar-refractivity contribution in [3.05, 3.63) is 76.8 Å². The fourth-order valence-electron chi connectivity index (χ4n) is 3.60. The second kappa shape index (κ2) is 13.7. The van der Waals surface area contributed by atoms with Gasteiger partial charge in [-0.05, 0) is 74.1 Å². The van der Waals surface area contributed by atoms with Crippen molar-refractivity contribution in [2.75, 3.05) is 44.8 Å². The molecule has 0 radical (unpaired) electrons. The van der Waals surface area contributed by atoms with Crippen LogP contribution in [0.5, 0.6) is 5.75 Å². The Morgan fingerprint density at radius 1 is 1.19 bits per heavy atom. The van der Waals surface area contributed by atoms with Crippen LogP contribution in [-0.4, -0.2) is 66.2 Å². The molecular formula is C27H29N7OS2. The number of ether oxygens (including phenoxy) is 1. The molecule has 0 aliphatic carbocycles. The van der Waals surface area contributed by atoms with Crippen molar-refractivity contribution < 1.29 is 4.74 Å². The Bertz CT molecular complexity index is 1240. The first-order valence-electron chi connectivity index (χ1n) is 11.9. The highest BCUT2D eigenvalue weighted by atomic mass is 32.2. The lowest BCUT2D eigenvalue weighted by Gasteiger charge is -2.32. The maximum Gasteiger partial charge on any atom is 0.141 e. The Balaban J connectivity index is 1.39. The third kappa shape index (κ3) is 8.00. The van der Waals surface area contributed by atoms with Gasteiger partial charge < -0.3 is 10.1 Å². The first-order valence-corrected chi connectivity index (χ1v) is 13.6. The van der Waals surface area contributed by atoms with Gasteiger partial charge in [-0.1, -0.05) is 0 Å². The number of piperazine rings is 1. The number of nitriles is 1. The minimum atomic E-state index is 0.555. The van der Waals surface area contributed by atoms with Crippen molar-refractivity contribution in [2.45, 2.75) is 11.8 Å². The van der Waals surface area contributed by atoms with Gasteiger partial charge in [0.05, 0.1) is 24.9 Å². The number of rotatable bonds is 10. The van der Waals surface area contributed by atoms with Crippen LogP contribution in [0, 0.1) is 11.3 Å². The highest BCUT2D eigenvalue weighted by Crippen LogP contribution is 2.26. The molecular weight excluding hydrogens is 502 g/mol. The number of nitrogens with zero attached hydrogens (tertiary/aromatic N) is 6. The predicted molar refractivity (Wildman–Crippen MR) is 153 cm³/mol. The van der Waals surface area contributed by atoms with Gasteiger partial charge in [-0.2, -0.15) is 5.26 Å². The zero-order valence-electron chi connectivity index (χ0n) is 20.7. The average molecular weight is 532 g/mol. The summed E-state index contributed by atoms with van der Waals surface area (Å²) in [6.45, 7) is 10.7. The quantitative estimate of drug-likeness (QED) is 0.217. The van der Waals surface area contributed by atoms with Crippen LogP contribution in [0.25, 0.3) is 5.70 Å². The summed E-state index contributed by atoms with van der Waals surface area (Å²) in [7, 11) is 0. The van der Waals surface area contributed by atoms with Gasteiger partial charge in [-0.15, -0.1) is 11.3 Å². The summed E-state index contributed by atoms with van der Waals surface area (Å²) in [5.74, 6) is 1.56. The summed E-state index contributed by atoms with van der Waals surface area (Å²) in [4.78, 5) is 16.9. The Hall–Kier alpha value is -3.49. The topological polar surface area (TPSA) is 89.1 Å².